The summed E-state index contributed by atoms with van der Waals surface area (Å²) < 4.78 is 25.4. The average Bonchev–Trinajstić information content (AvgIpc) is 1.94. The van der Waals surface area contributed by atoms with Crippen molar-refractivity contribution in [2.75, 3.05) is 19.5 Å². The molecule has 0 bridgehead atoms. The molecule has 0 aliphatic carbocycles. The van der Waals surface area contributed by atoms with Crippen LogP contribution in [0.5, 0.6) is 0 Å². The molecule has 5 heteroatoms. The minimum absolute atomic E-state index is 0.201. The first-order chi connectivity index (χ1) is 5.56. The molecule has 12 heavy (non-hydrogen) atoms. The highest BCUT2D eigenvalue weighted by atomic mass is 32.2. The number of aliphatic hydroxyl groups is 1. The molecule has 0 spiro atoms. The Morgan fingerprint density at radius 3 is 2.25 bits per heavy atom. The summed E-state index contributed by atoms with van der Waals surface area (Å²) in [6.45, 7) is 0.456. The summed E-state index contributed by atoms with van der Waals surface area (Å²) >= 11 is 0. The van der Waals surface area contributed by atoms with Crippen molar-refractivity contribution >= 4 is 10.1 Å². The van der Waals surface area contributed by atoms with Crippen LogP contribution in [-0.4, -0.2) is 33.0 Å². The zero-order valence-electron chi connectivity index (χ0n) is 7.32. The number of hydrogen-bond acceptors (Lipinski definition) is 4. The number of aliphatic hydroxyl groups excluding tert-OH is 1. The highest BCUT2D eigenvalue weighted by Gasteiger charge is 1.99. The second kappa shape index (κ2) is 6.39. The molecule has 0 aromatic heterocycles. The predicted octanol–water partition coefficient (Wildman–Crippen LogP) is 0.515. The van der Waals surface area contributed by atoms with Crippen LogP contribution in [0.1, 0.15) is 25.7 Å². The van der Waals surface area contributed by atoms with Gasteiger partial charge in [0.2, 0.25) is 0 Å². The van der Waals surface area contributed by atoms with Crippen molar-refractivity contribution in [2.24, 2.45) is 0 Å². The Bertz CT molecular complexity index is 186. The van der Waals surface area contributed by atoms with Crippen molar-refractivity contribution in [3.63, 3.8) is 0 Å². The van der Waals surface area contributed by atoms with E-state index in [0.29, 0.717) is 0 Å². The second-order valence-corrected chi connectivity index (χ2v) is 4.31. The van der Waals surface area contributed by atoms with E-state index in [-0.39, 0.29) is 13.2 Å². The molecule has 0 radical (unpaired) electrons. The first-order valence-corrected chi connectivity index (χ1v) is 5.83. The summed E-state index contributed by atoms with van der Waals surface area (Å²) in [7, 11) is -3.27. The monoisotopic (exact) mass is 196 g/mol. The molecule has 0 fully saturated rings. The maximum absolute atomic E-state index is 10.5. The minimum Gasteiger partial charge on any atom is -0.396 e. The zero-order chi connectivity index (χ0) is 9.45. The van der Waals surface area contributed by atoms with Crippen LogP contribution >= 0.6 is 0 Å². The van der Waals surface area contributed by atoms with E-state index in [4.69, 9.17) is 5.11 Å². The molecule has 0 saturated heterocycles. The summed E-state index contributed by atoms with van der Waals surface area (Å²) in [6, 6.07) is 0. The Balaban J connectivity index is 3.12. The van der Waals surface area contributed by atoms with E-state index in [9.17, 15) is 8.42 Å². The second-order valence-electron chi connectivity index (χ2n) is 2.66. The summed E-state index contributed by atoms with van der Waals surface area (Å²) in [5.74, 6) is 0. The smallest absolute Gasteiger partial charge is 0.264 e. The van der Waals surface area contributed by atoms with Gasteiger partial charge in [0.05, 0.1) is 12.9 Å². The van der Waals surface area contributed by atoms with Crippen molar-refractivity contribution in [3.8, 4) is 0 Å². The van der Waals surface area contributed by atoms with Gasteiger partial charge in [-0.1, -0.05) is 12.8 Å². The lowest BCUT2D eigenvalue weighted by molar-refractivity contribution is 0.275. The van der Waals surface area contributed by atoms with E-state index in [1.807, 2.05) is 0 Å². The molecular weight excluding hydrogens is 180 g/mol. The summed E-state index contributed by atoms with van der Waals surface area (Å²) in [5, 5.41) is 8.42. The molecule has 0 rings (SSSR count). The van der Waals surface area contributed by atoms with Crippen LogP contribution in [-0.2, 0) is 14.3 Å². The van der Waals surface area contributed by atoms with Gasteiger partial charge >= 0.3 is 0 Å². The van der Waals surface area contributed by atoms with Crippen molar-refractivity contribution in [1.29, 1.82) is 0 Å². The Morgan fingerprint density at radius 1 is 1.17 bits per heavy atom. The third-order valence-electron chi connectivity index (χ3n) is 1.35. The predicted molar refractivity (Wildman–Crippen MR) is 46.3 cm³/mol. The molecule has 4 nitrogen and oxygen atoms in total. The normalized spacial score (nSPS) is 11.8. The lowest BCUT2D eigenvalue weighted by Gasteiger charge is -2.00. The Kier molecular flexibility index (Phi) is 6.32. The van der Waals surface area contributed by atoms with Crippen molar-refractivity contribution < 1.29 is 17.7 Å². The first kappa shape index (κ1) is 11.9. The SMILES string of the molecule is CS(=O)(=O)OCCCCCCO. The lowest BCUT2D eigenvalue weighted by Crippen LogP contribution is -2.03. The third kappa shape index (κ3) is 9.87. The summed E-state index contributed by atoms with van der Waals surface area (Å²) in [5.41, 5.74) is 0. The number of hydrogen-bond donors (Lipinski definition) is 1. The van der Waals surface area contributed by atoms with Crippen LogP contribution in [0.2, 0.25) is 0 Å². The van der Waals surface area contributed by atoms with E-state index in [2.05, 4.69) is 4.18 Å². The van der Waals surface area contributed by atoms with Crippen LogP contribution in [0.25, 0.3) is 0 Å². The maximum atomic E-state index is 10.5. The molecule has 0 atom stereocenters. The van der Waals surface area contributed by atoms with Gasteiger partial charge in [0.15, 0.2) is 0 Å². The van der Waals surface area contributed by atoms with Crippen molar-refractivity contribution in [3.05, 3.63) is 0 Å². The van der Waals surface area contributed by atoms with Gasteiger partial charge in [-0.2, -0.15) is 8.42 Å². The summed E-state index contributed by atoms with van der Waals surface area (Å²) in [4.78, 5) is 0. The van der Waals surface area contributed by atoms with E-state index in [1.54, 1.807) is 0 Å². The molecule has 0 amide bonds. The van der Waals surface area contributed by atoms with Crippen molar-refractivity contribution in [1.82, 2.24) is 0 Å². The highest BCUT2D eigenvalue weighted by Crippen LogP contribution is 2.00. The third-order valence-corrected chi connectivity index (χ3v) is 1.94. The summed E-state index contributed by atoms with van der Waals surface area (Å²) in [6.07, 6.45) is 4.37. The van der Waals surface area contributed by atoms with Gasteiger partial charge < -0.3 is 5.11 Å². The fraction of sp³-hybridized carbons (Fsp3) is 1.00. The van der Waals surface area contributed by atoms with Gasteiger partial charge in [-0.15, -0.1) is 0 Å². The molecule has 0 saturated carbocycles. The van der Waals surface area contributed by atoms with E-state index in [0.717, 1.165) is 31.9 Å². The van der Waals surface area contributed by atoms with E-state index in [1.165, 1.54) is 0 Å². The van der Waals surface area contributed by atoms with Crippen LogP contribution in [0.15, 0.2) is 0 Å². The van der Waals surface area contributed by atoms with Gasteiger partial charge in [-0.25, -0.2) is 0 Å². The largest absolute Gasteiger partial charge is 0.396 e. The lowest BCUT2D eigenvalue weighted by atomic mass is 10.2. The quantitative estimate of drug-likeness (QED) is 0.476. The van der Waals surface area contributed by atoms with Crippen LogP contribution in [0, 0.1) is 0 Å². The molecule has 0 unspecified atom stereocenters. The van der Waals surface area contributed by atoms with Gasteiger partial charge in [0, 0.05) is 6.61 Å². The molecule has 0 aromatic rings. The fourth-order valence-electron chi connectivity index (χ4n) is 0.778. The molecule has 74 valence electrons. The Hall–Kier alpha value is -0.130. The highest BCUT2D eigenvalue weighted by molar-refractivity contribution is 7.85. The van der Waals surface area contributed by atoms with Crippen LogP contribution in [0.4, 0.5) is 0 Å². The number of rotatable bonds is 7. The van der Waals surface area contributed by atoms with Crippen molar-refractivity contribution in [2.45, 2.75) is 25.7 Å². The number of unbranched alkanes of at least 4 members (excludes halogenated alkanes) is 3. The molecular formula is C7H16O4S. The van der Waals surface area contributed by atoms with Gasteiger partial charge in [-0.3, -0.25) is 4.18 Å². The standard InChI is InChI=1S/C7H16O4S/c1-12(9,10)11-7-5-3-2-4-6-8/h8H,2-7H2,1H3. The molecule has 0 aliphatic heterocycles. The van der Waals surface area contributed by atoms with E-state index < -0.39 is 10.1 Å². The van der Waals surface area contributed by atoms with Gasteiger partial charge in [0.1, 0.15) is 0 Å². The zero-order valence-corrected chi connectivity index (χ0v) is 8.14. The molecule has 0 aromatic carbocycles. The average molecular weight is 196 g/mol. The first-order valence-electron chi connectivity index (χ1n) is 4.01. The maximum Gasteiger partial charge on any atom is 0.264 e. The van der Waals surface area contributed by atoms with Crippen LogP contribution < -0.4 is 0 Å². The van der Waals surface area contributed by atoms with Gasteiger partial charge in [-0.05, 0) is 12.8 Å². The topological polar surface area (TPSA) is 63.6 Å². The molecule has 1 N–H and O–H groups in total. The van der Waals surface area contributed by atoms with Crippen LogP contribution in [0.3, 0.4) is 0 Å². The fourth-order valence-corrected chi connectivity index (χ4v) is 1.20. The molecule has 0 heterocycles. The Morgan fingerprint density at radius 2 is 1.75 bits per heavy atom. The minimum atomic E-state index is -3.27. The van der Waals surface area contributed by atoms with E-state index >= 15 is 0 Å². The molecule has 0 aliphatic rings. The Labute approximate surface area is 73.7 Å². The van der Waals surface area contributed by atoms with Gasteiger partial charge in [0.25, 0.3) is 10.1 Å².